The van der Waals surface area contributed by atoms with Gasteiger partial charge in [0.15, 0.2) is 0 Å². The second-order valence-electron chi connectivity index (χ2n) is 6.63. The third-order valence-electron chi connectivity index (χ3n) is 4.41. The van der Waals surface area contributed by atoms with Crippen molar-refractivity contribution in [1.82, 2.24) is 9.62 Å². The zero-order valence-electron chi connectivity index (χ0n) is 16.5. The number of carbonyl (C=O) groups excluding carboxylic acids is 1. The lowest BCUT2D eigenvalue weighted by molar-refractivity contribution is -0.120. The van der Waals surface area contributed by atoms with Crippen molar-refractivity contribution in [2.45, 2.75) is 26.3 Å². The number of nitrogens with one attached hydrogen (secondary N) is 1. The van der Waals surface area contributed by atoms with Gasteiger partial charge in [0, 0.05) is 14.1 Å². The number of anilines is 1. The van der Waals surface area contributed by atoms with Gasteiger partial charge in [0.2, 0.25) is 5.91 Å². The molecule has 2 aromatic rings. The largest absolute Gasteiger partial charge is 0.348 e. The molecule has 2 aromatic carbocycles. The fraction of sp³-hybridized carbons (Fsp3) is 0.350. The number of rotatable bonds is 8. The Labute approximate surface area is 166 Å². The highest BCUT2D eigenvalue weighted by Crippen LogP contribution is 2.23. The Balaban J connectivity index is 2.21. The zero-order chi connectivity index (χ0) is 20.9. The molecule has 0 aromatic heterocycles. The highest BCUT2D eigenvalue weighted by Gasteiger charge is 2.29. The molecule has 0 heterocycles. The van der Waals surface area contributed by atoms with Crippen molar-refractivity contribution in [2.24, 2.45) is 0 Å². The summed E-state index contributed by atoms with van der Waals surface area (Å²) in [5.74, 6) is -1.25. The molecule has 0 aliphatic rings. The number of hydrogen-bond donors (Lipinski definition) is 1. The van der Waals surface area contributed by atoms with Crippen LogP contribution in [0, 0.1) is 5.82 Å². The van der Waals surface area contributed by atoms with Crippen LogP contribution in [0.3, 0.4) is 0 Å². The van der Waals surface area contributed by atoms with Crippen LogP contribution in [-0.4, -0.2) is 39.3 Å². The van der Waals surface area contributed by atoms with E-state index in [0.717, 1.165) is 26.7 Å². The minimum absolute atomic E-state index is 0.175. The molecule has 0 bridgehead atoms. The molecule has 0 unspecified atom stereocenters. The van der Waals surface area contributed by atoms with Crippen LogP contribution in [-0.2, 0) is 21.4 Å². The molecule has 0 saturated carbocycles. The molecule has 1 amide bonds. The highest BCUT2D eigenvalue weighted by molar-refractivity contribution is 7.90. The van der Waals surface area contributed by atoms with Crippen molar-refractivity contribution in [2.75, 3.05) is 24.9 Å². The third-order valence-corrected chi connectivity index (χ3v) is 6.22. The number of hydrogen-bond acceptors (Lipinski definition) is 3. The molecule has 28 heavy (non-hydrogen) atoms. The van der Waals surface area contributed by atoms with Crippen LogP contribution < -0.4 is 9.62 Å². The van der Waals surface area contributed by atoms with Crippen LogP contribution in [0.1, 0.15) is 31.0 Å². The first-order chi connectivity index (χ1) is 13.2. The number of benzene rings is 2. The Morgan fingerprint density at radius 1 is 1.11 bits per heavy atom. The SMILES string of the molecule is CCc1ccc([C@H](C)NC(=O)CN(c2ccccc2F)S(=O)(=O)N(C)C)cc1. The maximum absolute atomic E-state index is 14.2. The lowest BCUT2D eigenvalue weighted by Gasteiger charge is -2.27. The molecule has 0 saturated heterocycles. The van der Waals surface area contributed by atoms with Crippen molar-refractivity contribution in [3.8, 4) is 0 Å². The first-order valence-corrected chi connectivity index (χ1v) is 10.4. The zero-order valence-corrected chi connectivity index (χ0v) is 17.3. The maximum Gasteiger partial charge on any atom is 0.304 e. The van der Waals surface area contributed by atoms with Gasteiger partial charge in [0.1, 0.15) is 12.4 Å². The average molecular weight is 408 g/mol. The minimum Gasteiger partial charge on any atom is -0.348 e. The van der Waals surface area contributed by atoms with Gasteiger partial charge >= 0.3 is 10.2 Å². The van der Waals surface area contributed by atoms with E-state index in [2.05, 4.69) is 12.2 Å². The lowest BCUT2D eigenvalue weighted by atomic mass is 10.1. The van der Waals surface area contributed by atoms with E-state index in [1.54, 1.807) is 0 Å². The molecule has 0 spiro atoms. The van der Waals surface area contributed by atoms with E-state index in [1.807, 2.05) is 31.2 Å². The Hall–Kier alpha value is -2.45. The Bertz CT molecular complexity index is 915. The van der Waals surface area contributed by atoms with E-state index in [-0.39, 0.29) is 11.7 Å². The summed E-state index contributed by atoms with van der Waals surface area (Å²) in [7, 11) is -1.39. The monoisotopic (exact) mass is 407 g/mol. The second kappa shape index (κ2) is 9.16. The van der Waals surface area contributed by atoms with E-state index in [9.17, 15) is 17.6 Å². The standard InChI is InChI=1S/C20H26FN3O3S/c1-5-16-10-12-17(13-11-16)15(2)22-20(25)14-24(28(26,27)23(3)4)19-9-7-6-8-18(19)21/h6-13,15H,5,14H2,1-4H3,(H,22,25)/t15-/m0/s1. The van der Waals surface area contributed by atoms with E-state index in [0.29, 0.717) is 0 Å². The number of halogens is 1. The fourth-order valence-corrected chi connectivity index (χ4v) is 3.76. The van der Waals surface area contributed by atoms with E-state index < -0.39 is 28.5 Å². The molecule has 152 valence electrons. The topological polar surface area (TPSA) is 69.7 Å². The van der Waals surface area contributed by atoms with Gasteiger partial charge in [-0.3, -0.25) is 4.79 Å². The van der Waals surface area contributed by atoms with Crippen LogP contribution in [0.5, 0.6) is 0 Å². The van der Waals surface area contributed by atoms with E-state index in [1.165, 1.54) is 37.9 Å². The van der Waals surface area contributed by atoms with Gasteiger partial charge in [0.25, 0.3) is 0 Å². The quantitative estimate of drug-likeness (QED) is 0.732. The van der Waals surface area contributed by atoms with Gasteiger partial charge in [0.05, 0.1) is 11.7 Å². The van der Waals surface area contributed by atoms with Gasteiger partial charge in [-0.2, -0.15) is 12.7 Å². The van der Waals surface area contributed by atoms with Gasteiger partial charge in [-0.25, -0.2) is 8.70 Å². The molecular formula is C20H26FN3O3S. The number of para-hydroxylation sites is 1. The Morgan fingerprint density at radius 2 is 1.71 bits per heavy atom. The molecule has 0 radical (unpaired) electrons. The summed E-state index contributed by atoms with van der Waals surface area (Å²) in [5.41, 5.74) is 1.91. The molecule has 1 atom stereocenters. The first kappa shape index (κ1) is 21.8. The summed E-state index contributed by atoms with van der Waals surface area (Å²) < 4.78 is 41.2. The summed E-state index contributed by atoms with van der Waals surface area (Å²) in [4.78, 5) is 12.6. The average Bonchev–Trinajstić information content (AvgIpc) is 2.66. The van der Waals surface area contributed by atoms with Gasteiger partial charge in [-0.15, -0.1) is 0 Å². The highest BCUT2D eigenvalue weighted by atomic mass is 32.2. The third kappa shape index (κ3) is 5.08. The van der Waals surface area contributed by atoms with E-state index >= 15 is 0 Å². The van der Waals surface area contributed by atoms with Crippen LogP contribution in [0.4, 0.5) is 10.1 Å². The molecular weight excluding hydrogens is 381 g/mol. The van der Waals surface area contributed by atoms with Crippen molar-refractivity contribution in [3.05, 3.63) is 65.5 Å². The molecule has 0 aliphatic heterocycles. The number of amides is 1. The molecule has 6 nitrogen and oxygen atoms in total. The van der Waals surface area contributed by atoms with Gasteiger partial charge < -0.3 is 5.32 Å². The summed E-state index contributed by atoms with van der Waals surface area (Å²) in [6, 6.07) is 13.0. The number of carbonyl (C=O) groups is 1. The van der Waals surface area contributed by atoms with Crippen molar-refractivity contribution >= 4 is 21.8 Å². The van der Waals surface area contributed by atoms with Crippen LogP contribution in [0.2, 0.25) is 0 Å². The van der Waals surface area contributed by atoms with Gasteiger partial charge in [-0.1, -0.05) is 43.3 Å². The summed E-state index contributed by atoms with van der Waals surface area (Å²) >= 11 is 0. The first-order valence-electron chi connectivity index (χ1n) is 8.99. The van der Waals surface area contributed by atoms with Crippen molar-refractivity contribution in [1.29, 1.82) is 0 Å². The van der Waals surface area contributed by atoms with Crippen molar-refractivity contribution < 1.29 is 17.6 Å². The molecule has 0 aliphatic carbocycles. The predicted molar refractivity (Wildman–Crippen MR) is 109 cm³/mol. The Kier molecular flexibility index (Phi) is 7.15. The molecule has 0 fully saturated rings. The molecule has 8 heteroatoms. The summed E-state index contributed by atoms with van der Waals surface area (Å²) in [5, 5.41) is 2.78. The van der Waals surface area contributed by atoms with Crippen LogP contribution in [0.25, 0.3) is 0 Å². The minimum atomic E-state index is -4.05. The van der Waals surface area contributed by atoms with Crippen LogP contribution in [0.15, 0.2) is 48.5 Å². The normalized spacial score (nSPS) is 12.6. The summed E-state index contributed by atoms with van der Waals surface area (Å²) in [6.45, 7) is 3.34. The second-order valence-corrected chi connectivity index (χ2v) is 8.70. The lowest BCUT2D eigenvalue weighted by Crippen LogP contribution is -2.46. The number of aryl methyl sites for hydroxylation is 1. The van der Waals surface area contributed by atoms with E-state index in [4.69, 9.17) is 0 Å². The fourth-order valence-electron chi connectivity index (χ4n) is 2.69. The smallest absolute Gasteiger partial charge is 0.304 e. The maximum atomic E-state index is 14.2. The number of nitrogens with zero attached hydrogens (tertiary/aromatic N) is 2. The van der Waals surface area contributed by atoms with Crippen molar-refractivity contribution in [3.63, 3.8) is 0 Å². The van der Waals surface area contributed by atoms with Gasteiger partial charge in [-0.05, 0) is 36.6 Å². The molecule has 2 rings (SSSR count). The predicted octanol–water partition coefficient (Wildman–Crippen LogP) is 2.88. The molecule has 1 N–H and O–H groups in total. The Morgan fingerprint density at radius 3 is 2.25 bits per heavy atom. The summed E-state index contributed by atoms with van der Waals surface area (Å²) in [6.07, 6.45) is 0.918. The van der Waals surface area contributed by atoms with Crippen LogP contribution >= 0.6 is 0 Å².